The third-order valence-corrected chi connectivity index (χ3v) is 7.86. The molecule has 0 unspecified atom stereocenters. The van der Waals surface area contributed by atoms with Crippen molar-refractivity contribution in [1.82, 2.24) is 10.2 Å². The Hall–Kier alpha value is -2.86. The molecule has 0 radical (unpaired) electrons. The van der Waals surface area contributed by atoms with Gasteiger partial charge in [0.05, 0.1) is 22.5 Å². The zero-order valence-electron chi connectivity index (χ0n) is 20.8. The van der Waals surface area contributed by atoms with Gasteiger partial charge >= 0.3 is 6.18 Å². The minimum absolute atomic E-state index is 0.0715. The molecule has 2 aromatic rings. The van der Waals surface area contributed by atoms with E-state index in [1.165, 1.54) is 25.1 Å². The van der Waals surface area contributed by atoms with E-state index < -0.39 is 62.7 Å². The number of hydrogen-bond acceptors (Lipinski definition) is 4. The predicted molar refractivity (Wildman–Crippen MR) is 135 cm³/mol. The summed E-state index contributed by atoms with van der Waals surface area (Å²) in [6.07, 6.45) is -0.689. The van der Waals surface area contributed by atoms with Crippen molar-refractivity contribution >= 4 is 39.1 Å². The number of carbonyl (C=O) groups is 2. The monoisotopic (exact) mass is 577 g/mol. The molecule has 2 amide bonds. The van der Waals surface area contributed by atoms with Gasteiger partial charge in [-0.3, -0.25) is 13.9 Å². The number of sulfonamides is 1. The van der Waals surface area contributed by atoms with Crippen LogP contribution in [0.1, 0.15) is 43.7 Å². The van der Waals surface area contributed by atoms with Gasteiger partial charge < -0.3 is 10.2 Å². The molecule has 0 aliphatic heterocycles. The van der Waals surface area contributed by atoms with Crippen LogP contribution in [0, 0.1) is 5.82 Å². The van der Waals surface area contributed by atoms with Gasteiger partial charge in [-0.2, -0.15) is 13.2 Å². The van der Waals surface area contributed by atoms with Gasteiger partial charge in [0.25, 0.3) is 0 Å². The number of hydrogen-bond donors (Lipinski definition) is 1. The molecule has 1 aliphatic carbocycles. The molecule has 13 heteroatoms. The van der Waals surface area contributed by atoms with Crippen LogP contribution in [0.3, 0.4) is 0 Å². The summed E-state index contributed by atoms with van der Waals surface area (Å²) in [7, 11) is -4.27. The Bertz CT molecular complexity index is 1280. The second-order valence-electron chi connectivity index (χ2n) is 9.21. The van der Waals surface area contributed by atoms with E-state index in [0.29, 0.717) is 10.4 Å². The molecule has 208 valence electrons. The van der Waals surface area contributed by atoms with E-state index in [-0.39, 0.29) is 18.2 Å². The Kier molecular flexibility index (Phi) is 9.30. The molecule has 2 aromatic carbocycles. The van der Waals surface area contributed by atoms with E-state index in [2.05, 4.69) is 5.32 Å². The van der Waals surface area contributed by atoms with Crippen molar-refractivity contribution in [3.05, 3.63) is 64.4 Å². The molecule has 38 heavy (non-hydrogen) atoms. The lowest BCUT2D eigenvalue weighted by molar-refractivity contribution is -0.139. The molecular formula is C25H28ClF4N3O4S. The smallest absolute Gasteiger partial charge is 0.352 e. The molecule has 1 saturated carbocycles. The zero-order chi connectivity index (χ0) is 28.3. The second kappa shape index (κ2) is 11.9. The van der Waals surface area contributed by atoms with E-state index in [0.717, 1.165) is 49.0 Å². The Balaban J connectivity index is 1.95. The Morgan fingerprint density at radius 2 is 1.76 bits per heavy atom. The van der Waals surface area contributed by atoms with E-state index in [4.69, 9.17) is 11.6 Å². The first kappa shape index (κ1) is 29.7. The Labute approximate surface area is 223 Å². The number of rotatable bonds is 9. The van der Waals surface area contributed by atoms with Gasteiger partial charge in [-0.15, -0.1) is 0 Å². The molecule has 1 aliphatic rings. The summed E-state index contributed by atoms with van der Waals surface area (Å²) in [6.45, 7) is 0.141. The van der Waals surface area contributed by atoms with Crippen LogP contribution < -0.4 is 9.62 Å². The van der Waals surface area contributed by atoms with Gasteiger partial charge in [-0.1, -0.05) is 42.6 Å². The molecule has 0 bridgehead atoms. The van der Waals surface area contributed by atoms with Crippen molar-refractivity contribution in [3.63, 3.8) is 0 Å². The summed E-state index contributed by atoms with van der Waals surface area (Å²) in [5.41, 5.74) is -1.63. The highest BCUT2D eigenvalue weighted by atomic mass is 35.5. The third-order valence-electron chi connectivity index (χ3n) is 6.39. The molecule has 1 fully saturated rings. The maximum absolute atomic E-state index is 14.5. The van der Waals surface area contributed by atoms with Crippen LogP contribution in [0.15, 0.2) is 42.5 Å². The number of anilines is 1. The van der Waals surface area contributed by atoms with E-state index in [1.807, 2.05) is 0 Å². The van der Waals surface area contributed by atoms with Crippen molar-refractivity contribution in [2.45, 2.75) is 57.4 Å². The minimum atomic E-state index is -4.87. The second-order valence-corrected chi connectivity index (χ2v) is 11.5. The normalized spacial score (nSPS) is 15.2. The highest BCUT2D eigenvalue weighted by molar-refractivity contribution is 7.92. The topological polar surface area (TPSA) is 86.8 Å². The molecule has 7 nitrogen and oxygen atoms in total. The third kappa shape index (κ3) is 7.37. The van der Waals surface area contributed by atoms with Gasteiger partial charge in [0, 0.05) is 18.2 Å². The molecule has 0 aromatic heterocycles. The van der Waals surface area contributed by atoms with Crippen LogP contribution in [0.2, 0.25) is 5.02 Å². The average Bonchev–Trinajstić information content (AvgIpc) is 3.33. The summed E-state index contributed by atoms with van der Waals surface area (Å²) in [4.78, 5) is 27.5. The van der Waals surface area contributed by atoms with E-state index >= 15 is 0 Å². The summed E-state index contributed by atoms with van der Waals surface area (Å²) in [5, 5.41) is 2.22. The largest absolute Gasteiger partial charge is 0.417 e. The van der Waals surface area contributed by atoms with Crippen LogP contribution in [-0.2, 0) is 32.3 Å². The molecule has 1 atom stereocenters. The molecule has 0 spiro atoms. The van der Waals surface area contributed by atoms with Crippen molar-refractivity contribution < 1.29 is 35.6 Å². The van der Waals surface area contributed by atoms with Gasteiger partial charge in [0.2, 0.25) is 21.8 Å². The Morgan fingerprint density at radius 1 is 1.13 bits per heavy atom. The van der Waals surface area contributed by atoms with Crippen LogP contribution in [0.4, 0.5) is 23.2 Å². The first-order valence-electron chi connectivity index (χ1n) is 11.9. The van der Waals surface area contributed by atoms with Crippen molar-refractivity contribution in [1.29, 1.82) is 0 Å². The SMILES string of the molecule is C[C@@H](C(=O)NC1CCCC1)N(Cc1ccccc1F)C(=O)CN(c1ccc(Cl)c(C(F)(F)F)c1)S(C)(=O)=O. The lowest BCUT2D eigenvalue weighted by Crippen LogP contribution is -2.52. The fourth-order valence-corrected chi connectivity index (χ4v) is 5.35. The van der Waals surface area contributed by atoms with Crippen LogP contribution in [0.25, 0.3) is 0 Å². The van der Waals surface area contributed by atoms with Gasteiger partial charge in [0.1, 0.15) is 18.4 Å². The maximum atomic E-state index is 14.5. The molecule has 0 heterocycles. The number of nitrogens with one attached hydrogen (secondary N) is 1. The lowest BCUT2D eigenvalue weighted by atomic mass is 10.1. The summed E-state index contributed by atoms with van der Waals surface area (Å²) >= 11 is 5.66. The highest BCUT2D eigenvalue weighted by Gasteiger charge is 2.36. The maximum Gasteiger partial charge on any atom is 0.417 e. The fraction of sp³-hybridized carbons (Fsp3) is 0.440. The average molecular weight is 578 g/mol. The van der Waals surface area contributed by atoms with Crippen molar-refractivity contribution in [2.24, 2.45) is 0 Å². The number of alkyl halides is 3. The number of nitrogens with zero attached hydrogens (tertiary/aromatic N) is 2. The van der Waals surface area contributed by atoms with Gasteiger partial charge in [-0.25, -0.2) is 12.8 Å². The molecule has 0 saturated heterocycles. The lowest BCUT2D eigenvalue weighted by Gasteiger charge is -2.32. The summed E-state index contributed by atoms with van der Waals surface area (Å²) in [5.74, 6) is -2.05. The molecular weight excluding hydrogens is 550 g/mol. The van der Waals surface area contributed by atoms with E-state index in [9.17, 15) is 35.6 Å². The zero-order valence-corrected chi connectivity index (χ0v) is 22.3. The highest BCUT2D eigenvalue weighted by Crippen LogP contribution is 2.37. The first-order valence-corrected chi connectivity index (χ1v) is 14.1. The minimum Gasteiger partial charge on any atom is -0.352 e. The van der Waals surface area contributed by atoms with Gasteiger partial charge in [0.15, 0.2) is 0 Å². The number of benzene rings is 2. The predicted octanol–water partition coefficient (Wildman–Crippen LogP) is 4.74. The number of halogens is 5. The van der Waals surface area contributed by atoms with Crippen LogP contribution in [-0.4, -0.2) is 50.0 Å². The summed E-state index contributed by atoms with van der Waals surface area (Å²) in [6, 6.07) is 6.86. The number of carbonyl (C=O) groups excluding carboxylic acids is 2. The standard InChI is InChI=1S/C25H28ClF4N3O4S/c1-16(24(35)31-18-8-4-5-9-18)32(14-17-7-3-6-10-22(17)27)23(34)15-33(38(2,36)37)19-11-12-21(26)20(13-19)25(28,29)30/h3,6-7,10-13,16,18H,4-5,8-9,14-15H2,1-2H3,(H,31,35)/t16-/m0/s1. The van der Waals surface area contributed by atoms with Crippen LogP contribution in [0.5, 0.6) is 0 Å². The van der Waals surface area contributed by atoms with Crippen molar-refractivity contribution in [3.8, 4) is 0 Å². The number of amides is 2. The first-order chi connectivity index (χ1) is 17.7. The molecule has 3 rings (SSSR count). The molecule has 1 N–H and O–H groups in total. The van der Waals surface area contributed by atoms with Crippen LogP contribution >= 0.6 is 11.6 Å². The quantitative estimate of drug-likeness (QED) is 0.436. The van der Waals surface area contributed by atoms with Crippen molar-refractivity contribution in [2.75, 3.05) is 17.1 Å². The Morgan fingerprint density at radius 3 is 2.34 bits per heavy atom. The van der Waals surface area contributed by atoms with Gasteiger partial charge in [-0.05, 0) is 44.0 Å². The fourth-order valence-electron chi connectivity index (χ4n) is 4.28. The van der Waals surface area contributed by atoms with E-state index in [1.54, 1.807) is 6.07 Å². The summed E-state index contributed by atoms with van der Waals surface area (Å²) < 4.78 is 80.4.